The summed E-state index contributed by atoms with van der Waals surface area (Å²) in [5.74, 6) is 0. The van der Waals surface area contributed by atoms with Gasteiger partial charge in [-0.25, -0.2) is 0 Å². The molecule has 64 valence electrons. The van der Waals surface area contributed by atoms with Gasteiger partial charge >= 0.3 is 0 Å². The van der Waals surface area contributed by atoms with E-state index in [4.69, 9.17) is 0 Å². The molecule has 0 aliphatic carbocycles. The number of nitro benzene ring substituents is 1. The molecule has 1 aromatic rings. The molecule has 0 heterocycles. The molecule has 6 heteroatoms. The van der Waals surface area contributed by atoms with Crippen LogP contribution in [-0.2, 0) is 0 Å². The van der Waals surface area contributed by atoms with Crippen molar-refractivity contribution in [1.82, 2.24) is 0 Å². The van der Waals surface area contributed by atoms with E-state index in [1.807, 2.05) is 45.2 Å². The second kappa shape index (κ2) is 3.83. The highest BCUT2D eigenvalue weighted by molar-refractivity contribution is 14.1. The number of benzene rings is 1. The molecule has 0 aromatic heterocycles. The van der Waals surface area contributed by atoms with E-state index in [0.29, 0.717) is 0 Å². The lowest BCUT2D eigenvalue weighted by molar-refractivity contribution is -0.385. The van der Waals surface area contributed by atoms with Crippen LogP contribution < -0.4 is 5.73 Å². The molecular formula is C6H5I2N2O2+. The molecule has 3 N–H and O–H groups in total. The predicted molar refractivity (Wildman–Crippen MR) is 61.1 cm³/mol. The molecular weight excluding hydrogens is 386 g/mol. The molecule has 0 aliphatic rings. The summed E-state index contributed by atoms with van der Waals surface area (Å²) in [6.45, 7) is 0. The van der Waals surface area contributed by atoms with Gasteiger partial charge in [-0.05, 0) is 45.2 Å². The number of rotatable bonds is 1. The average molecular weight is 391 g/mol. The molecule has 0 aliphatic heterocycles. The molecule has 1 rings (SSSR count). The Balaban J connectivity index is 3.31. The van der Waals surface area contributed by atoms with Crippen molar-refractivity contribution in [1.29, 1.82) is 0 Å². The highest BCUT2D eigenvalue weighted by atomic mass is 127. The van der Waals surface area contributed by atoms with Crippen LogP contribution in [0.5, 0.6) is 0 Å². The monoisotopic (exact) mass is 391 g/mol. The normalized spacial score (nSPS) is 9.92. The van der Waals surface area contributed by atoms with Gasteiger partial charge in [0.1, 0.15) is 0 Å². The first-order valence-electron chi connectivity index (χ1n) is 2.97. The van der Waals surface area contributed by atoms with Gasteiger partial charge in [0.25, 0.3) is 5.69 Å². The second-order valence-corrected chi connectivity index (χ2v) is 4.47. The first kappa shape index (κ1) is 10.1. The van der Waals surface area contributed by atoms with Gasteiger partial charge in [-0.1, -0.05) is 0 Å². The number of halogens is 2. The largest absolute Gasteiger partial charge is 0.323 e. The minimum atomic E-state index is -0.399. The molecule has 0 unspecified atom stereocenters. The summed E-state index contributed by atoms with van der Waals surface area (Å²) in [7, 11) is 0. The maximum Gasteiger partial charge on any atom is 0.272 e. The van der Waals surface area contributed by atoms with Crippen LogP contribution in [-0.4, -0.2) is 4.92 Å². The van der Waals surface area contributed by atoms with Crippen LogP contribution in [0.25, 0.3) is 0 Å². The fraction of sp³-hybridized carbons (Fsp3) is 0. The first-order chi connectivity index (χ1) is 5.52. The Morgan fingerprint density at radius 2 is 1.75 bits per heavy atom. The number of hydrogen-bond donors (Lipinski definition) is 1. The van der Waals surface area contributed by atoms with Gasteiger partial charge < -0.3 is 5.73 Å². The Morgan fingerprint density at radius 3 is 2.08 bits per heavy atom. The molecule has 0 radical (unpaired) electrons. The van der Waals surface area contributed by atoms with E-state index in [1.165, 1.54) is 12.1 Å². The summed E-state index contributed by atoms with van der Waals surface area (Å²) in [6, 6.07) is 3.04. The standard InChI is InChI=1S/C6H4I2N2O2/c7-4-1-3(10(11)12)2-5(8)6(4)9/h1-2H,9H2/p+1. The van der Waals surface area contributed by atoms with Gasteiger partial charge in [-0.15, -0.1) is 0 Å². The van der Waals surface area contributed by atoms with Crippen molar-refractivity contribution in [2.45, 2.75) is 0 Å². The Labute approximate surface area is 95.9 Å². The highest BCUT2D eigenvalue weighted by Gasteiger charge is 2.13. The fourth-order valence-corrected chi connectivity index (χ4v) is 2.43. The van der Waals surface area contributed by atoms with Gasteiger partial charge in [-0.2, -0.15) is 0 Å². The summed E-state index contributed by atoms with van der Waals surface area (Å²) in [5.41, 5.74) is 4.75. The van der Waals surface area contributed by atoms with Crippen LogP contribution in [0.2, 0.25) is 0 Å². The summed E-state index contributed by atoms with van der Waals surface area (Å²) in [4.78, 5) is 10.00. The smallest absolute Gasteiger partial charge is 0.272 e. The lowest BCUT2D eigenvalue weighted by Gasteiger charge is -1.97. The Hall–Kier alpha value is 0.0400. The zero-order valence-corrected chi connectivity index (χ0v) is 10.2. The van der Waals surface area contributed by atoms with E-state index in [9.17, 15) is 10.1 Å². The van der Waals surface area contributed by atoms with Crippen LogP contribution in [0, 0.1) is 17.3 Å². The molecule has 0 spiro atoms. The van der Waals surface area contributed by atoms with Crippen LogP contribution in [0.15, 0.2) is 12.1 Å². The molecule has 0 bridgehead atoms. The lowest BCUT2D eigenvalue weighted by Crippen LogP contribution is -2.42. The van der Waals surface area contributed by atoms with Crippen LogP contribution in [0.1, 0.15) is 0 Å². The molecule has 0 amide bonds. The Kier molecular flexibility index (Phi) is 3.23. The maximum atomic E-state index is 10.4. The fourth-order valence-electron chi connectivity index (χ4n) is 0.695. The summed E-state index contributed by atoms with van der Waals surface area (Å²) in [6.07, 6.45) is 0. The highest BCUT2D eigenvalue weighted by Crippen LogP contribution is 2.25. The van der Waals surface area contributed by atoms with Gasteiger partial charge in [0.05, 0.1) is 12.1 Å². The number of hydrogen-bond acceptors (Lipinski definition) is 2. The van der Waals surface area contributed by atoms with Crippen molar-refractivity contribution in [2.75, 3.05) is 0 Å². The SMILES string of the molecule is [NH3+]c1c(I)cc([N+](=O)[O-])cc1I. The minimum absolute atomic E-state index is 0.121. The lowest BCUT2D eigenvalue weighted by atomic mass is 10.3. The maximum absolute atomic E-state index is 10.4. The van der Waals surface area contributed by atoms with Gasteiger partial charge in [0.15, 0.2) is 5.69 Å². The van der Waals surface area contributed by atoms with Crippen molar-refractivity contribution >= 4 is 56.6 Å². The van der Waals surface area contributed by atoms with E-state index in [-0.39, 0.29) is 5.69 Å². The number of quaternary nitrogens is 1. The van der Waals surface area contributed by atoms with Crippen molar-refractivity contribution in [3.8, 4) is 0 Å². The van der Waals surface area contributed by atoms with Gasteiger partial charge in [0, 0.05) is 12.1 Å². The summed E-state index contributed by atoms with van der Waals surface area (Å²) >= 11 is 4.07. The van der Waals surface area contributed by atoms with Crippen molar-refractivity contribution in [3.05, 3.63) is 29.4 Å². The van der Waals surface area contributed by atoms with Gasteiger partial charge in [0.2, 0.25) is 0 Å². The average Bonchev–Trinajstić information content (AvgIpc) is 1.99. The molecule has 0 fully saturated rings. The number of nitrogens with zero attached hydrogens (tertiary/aromatic N) is 1. The summed E-state index contributed by atoms with van der Waals surface area (Å²) < 4.78 is 1.65. The van der Waals surface area contributed by atoms with E-state index in [0.717, 1.165) is 12.8 Å². The van der Waals surface area contributed by atoms with E-state index in [2.05, 4.69) is 5.73 Å². The van der Waals surface area contributed by atoms with E-state index >= 15 is 0 Å². The van der Waals surface area contributed by atoms with Crippen LogP contribution >= 0.6 is 45.2 Å². The van der Waals surface area contributed by atoms with E-state index in [1.54, 1.807) is 0 Å². The molecule has 12 heavy (non-hydrogen) atoms. The third-order valence-corrected chi connectivity index (χ3v) is 3.26. The molecule has 0 atom stereocenters. The Morgan fingerprint density at radius 1 is 1.33 bits per heavy atom. The van der Waals surface area contributed by atoms with Gasteiger partial charge in [-0.3, -0.25) is 10.1 Å². The number of nitro groups is 1. The van der Waals surface area contributed by atoms with Crippen LogP contribution in [0.4, 0.5) is 11.4 Å². The zero-order chi connectivity index (χ0) is 9.30. The minimum Gasteiger partial charge on any atom is -0.323 e. The third-order valence-electron chi connectivity index (χ3n) is 1.34. The third kappa shape index (κ3) is 2.04. The quantitative estimate of drug-likeness (QED) is 0.450. The van der Waals surface area contributed by atoms with E-state index < -0.39 is 4.92 Å². The van der Waals surface area contributed by atoms with Crippen molar-refractivity contribution in [2.24, 2.45) is 0 Å². The zero-order valence-electron chi connectivity index (χ0n) is 5.88. The second-order valence-electron chi connectivity index (χ2n) is 2.15. The molecule has 4 nitrogen and oxygen atoms in total. The number of non-ortho nitro benzene ring substituents is 1. The molecule has 1 aromatic carbocycles. The Bertz CT molecular complexity index is 317. The summed E-state index contributed by atoms with van der Waals surface area (Å²) in [5, 5.41) is 10.4. The topological polar surface area (TPSA) is 70.8 Å². The van der Waals surface area contributed by atoms with Crippen molar-refractivity contribution in [3.63, 3.8) is 0 Å². The first-order valence-corrected chi connectivity index (χ1v) is 5.13. The molecule has 0 saturated carbocycles. The van der Waals surface area contributed by atoms with Crippen LogP contribution in [0.3, 0.4) is 0 Å². The van der Waals surface area contributed by atoms with Crippen molar-refractivity contribution < 1.29 is 10.7 Å². The molecule has 0 saturated heterocycles. The predicted octanol–water partition coefficient (Wildman–Crippen LogP) is 1.68.